The van der Waals surface area contributed by atoms with Gasteiger partial charge in [0.2, 0.25) is 0 Å². The van der Waals surface area contributed by atoms with Crippen LogP contribution in [0.2, 0.25) is 0 Å². The minimum atomic E-state index is 0. The summed E-state index contributed by atoms with van der Waals surface area (Å²) in [4.78, 5) is 4.34. The van der Waals surface area contributed by atoms with E-state index >= 15 is 0 Å². The van der Waals surface area contributed by atoms with Gasteiger partial charge in [0.15, 0.2) is 0 Å². The normalized spacial score (nSPS) is 12.4. The van der Waals surface area contributed by atoms with Crippen LogP contribution in [0.25, 0.3) is 11.0 Å². The first-order chi connectivity index (χ1) is 6.81. The van der Waals surface area contributed by atoms with E-state index in [1.165, 1.54) is 5.52 Å². The molecule has 0 bridgehead atoms. The minimum Gasteiger partial charge on any atom is -0.330 e. The highest BCUT2D eigenvalue weighted by Crippen LogP contribution is 2.13. The SMILES string of the molecule is Br.CC(CS)Cn1cnc2ccccc21. The third-order valence-corrected chi connectivity index (χ3v) is 2.97. The molecule has 2 rings (SSSR count). The van der Waals surface area contributed by atoms with Gasteiger partial charge in [0.05, 0.1) is 17.4 Å². The maximum Gasteiger partial charge on any atom is 0.0958 e. The zero-order valence-corrected chi connectivity index (χ0v) is 11.2. The highest BCUT2D eigenvalue weighted by atomic mass is 79.9. The zero-order valence-electron chi connectivity index (χ0n) is 8.63. The van der Waals surface area contributed by atoms with Crippen molar-refractivity contribution >= 4 is 40.6 Å². The number of hydrogen-bond donors (Lipinski definition) is 1. The Morgan fingerprint density at radius 1 is 1.40 bits per heavy atom. The third kappa shape index (κ3) is 2.75. The van der Waals surface area contributed by atoms with E-state index in [1.54, 1.807) is 0 Å². The quantitative estimate of drug-likeness (QED) is 0.858. The molecule has 0 aliphatic heterocycles. The molecule has 1 atom stereocenters. The van der Waals surface area contributed by atoms with Gasteiger partial charge in [0.25, 0.3) is 0 Å². The summed E-state index contributed by atoms with van der Waals surface area (Å²) in [6.07, 6.45) is 1.91. The third-order valence-electron chi connectivity index (χ3n) is 2.35. The molecule has 0 saturated carbocycles. The number of nitrogens with zero attached hydrogens (tertiary/aromatic N) is 2. The van der Waals surface area contributed by atoms with E-state index in [1.807, 2.05) is 24.5 Å². The number of thiol groups is 1. The average Bonchev–Trinajstić information content (AvgIpc) is 2.62. The first-order valence-corrected chi connectivity index (χ1v) is 5.45. The van der Waals surface area contributed by atoms with E-state index in [0.29, 0.717) is 5.92 Å². The molecule has 0 amide bonds. The fourth-order valence-electron chi connectivity index (χ4n) is 1.55. The Morgan fingerprint density at radius 3 is 2.87 bits per heavy atom. The van der Waals surface area contributed by atoms with Gasteiger partial charge in [-0.15, -0.1) is 17.0 Å². The zero-order chi connectivity index (χ0) is 9.97. The summed E-state index contributed by atoms with van der Waals surface area (Å²) in [6, 6.07) is 8.21. The molecule has 4 heteroatoms. The molecule has 1 unspecified atom stereocenters. The van der Waals surface area contributed by atoms with Crippen LogP contribution in [0.15, 0.2) is 30.6 Å². The number of halogens is 1. The van der Waals surface area contributed by atoms with Crippen LogP contribution in [0.1, 0.15) is 6.92 Å². The lowest BCUT2D eigenvalue weighted by Crippen LogP contribution is -2.07. The topological polar surface area (TPSA) is 17.8 Å². The van der Waals surface area contributed by atoms with Gasteiger partial charge in [-0.25, -0.2) is 4.98 Å². The van der Waals surface area contributed by atoms with Crippen molar-refractivity contribution < 1.29 is 0 Å². The van der Waals surface area contributed by atoms with E-state index in [9.17, 15) is 0 Å². The van der Waals surface area contributed by atoms with E-state index < -0.39 is 0 Å². The van der Waals surface area contributed by atoms with Gasteiger partial charge in [-0.1, -0.05) is 19.1 Å². The molecule has 2 nitrogen and oxygen atoms in total. The van der Waals surface area contributed by atoms with Crippen molar-refractivity contribution in [2.24, 2.45) is 5.92 Å². The van der Waals surface area contributed by atoms with Crippen molar-refractivity contribution in [1.29, 1.82) is 0 Å². The minimum absolute atomic E-state index is 0. The Bertz CT molecular complexity index is 427. The summed E-state index contributed by atoms with van der Waals surface area (Å²) in [7, 11) is 0. The van der Waals surface area contributed by atoms with Gasteiger partial charge in [0, 0.05) is 6.54 Å². The van der Waals surface area contributed by atoms with E-state index in [-0.39, 0.29) is 17.0 Å². The molecular weight excluding hydrogens is 272 g/mol. The first-order valence-electron chi connectivity index (χ1n) is 4.82. The molecule has 0 fully saturated rings. The second-order valence-electron chi connectivity index (χ2n) is 3.67. The summed E-state index contributed by atoms with van der Waals surface area (Å²) in [5, 5.41) is 0. The van der Waals surface area contributed by atoms with E-state index in [2.05, 4.69) is 35.2 Å². The molecular formula is C11H15BrN2S. The molecule has 0 radical (unpaired) electrons. The molecule has 2 aromatic rings. The van der Waals surface area contributed by atoms with Gasteiger partial charge in [-0.05, 0) is 23.8 Å². The van der Waals surface area contributed by atoms with Crippen LogP contribution in [0.3, 0.4) is 0 Å². The number of aromatic nitrogens is 2. The fraction of sp³-hybridized carbons (Fsp3) is 0.364. The molecule has 1 aromatic heterocycles. The van der Waals surface area contributed by atoms with Gasteiger partial charge in [0.1, 0.15) is 0 Å². The van der Waals surface area contributed by atoms with Crippen LogP contribution in [0.5, 0.6) is 0 Å². The summed E-state index contributed by atoms with van der Waals surface area (Å²) in [6.45, 7) is 3.19. The Hall–Kier alpha value is -0.480. The van der Waals surface area contributed by atoms with Gasteiger partial charge < -0.3 is 4.57 Å². The molecule has 0 N–H and O–H groups in total. The van der Waals surface area contributed by atoms with Crippen molar-refractivity contribution in [3.8, 4) is 0 Å². The van der Waals surface area contributed by atoms with Crippen molar-refractivity contribution in [3.05, 3.63) is 30.6 Å². The Kier molecular flexibility index (Phi) is 4.67. The number of rotatable bonds is 3. The van der Waals surface area contributed by atoms with Crippen molar-refractivity contribution in [1.82, 2.24) is 9.55 Å². The van der Waals surface area contributed by atoms with Crippen molar-refractivity contribution in [2.75, 3.05) is 5.75 Å². The lowest BCUT2D eigenvalue weighted by molar-refractivity contribution is 0.542. The smallest absolute Gasteiger partial charge is 0.0958 e. The van der Waals surface area contributed by atoms with Gasteiger partial charge >= 0.3 is 0 Å². The molecule has 0 aliphatic carbocycles. The standard InChI is InChI=1S/C11H14N2S.BrH/c1-9(7-14)6-13-8-12-10-4-2-3-5-11(10)13;/h2-5,8-9,14H,6-7H2,1H3;1H. The molecule has 0 saturated heterocycles. The Labute approximate surface area is 106 Å². The molecule has 82 valence electrons. The number of para-hydroxylation sites is 2. The van der Waals surface area contributed by atoms with Crippen LogP contribution in [-0.4, -0.2) is 15.3 Å². The second-order valence-corrected chi connectivity index (χ2v) is 4.04. The maximum absolute atomic E-state index is 4.34. The summed E-state index contributed by atoms with van der Waals surface area (Å²) in [5.41, 5.74) is 2.28. The van der Waals surface area contributed by atoms with Gasteiger partial charge in [-0.3, -0.25) is 0 Å². The Morgan fingerprint density at radius 2 is 2.13 bits per heavy atom. The number of fused-ring (bicyclic) bond motifs is 1. The van der Waals surface area contributed by atoms with Crippen molar-refractivity contribution in [2.45, 2.75) is 13.5 Å². The van der Waals surface area contributed by atoms with Crippen LogP contribution in [0.4, 0.5) is 0 Å². The van der Waals surface area contributed by atoms with Crippen molar-refractivity contribution in [3.63, 3.8) is 0 Å². The monoisotopic (exact) mass is 286 g/mol. The summed E-state index contributed by atoms with van der Waals surface area (Å²) in [5.74, 6) is 1.49. The first kappa shape index (κ1) is 12.6. The Balaban J connectivity index is 0.00000112. The van der Waals surface area contributed by atoms with Crippen LogP contribution >= 0.6 is 29.6 Å². The second kappa shape index (κ2) is 5.56. The summed E-state index contributed by atoms with van der Waals surface area (Å²) >= 11 is 4.29. The van der Waals surface area contributed by atoms with Crippen LogP contribution in [-0.2, 0) is 6.54 Å². The highest BCUT2D eigenvalue weighted by Gasteiger charge is 2.04. The van der Waals surface area contributed by atoms with E-state index in [4.69, 9.17) is 0 Å². The molecule has 1 aromatic carbocycles. The van der Waals surface area contributed by atoms with E-state index in [0.717, 1.165) is 17.8 Å². The maximum atomic E-state index is 4.34. The lowest BCUT2D eigenvalue weighted by atomic mass is 10.2. The highest BCUT2D eigenvalue weighted by molar-refractivity contribution is 8.93. The lowest BCUT2D eigenvalue weighted by Gasteiger charge is -2.09. The predicted molar refractivity (Wildman–Crippen MR) is 73.1 cm³/mol. The number of benzene rings is 1. The molecule has 1 heterocycles. The predicted octanol–water partition coefficient (Wildman–Crippen LogP) is 3.18. The summed E-state index contributed by atoms with van der Waals surface area (Å²) < 4.78 is 2.19. The van der Waals surface area contributed by atoms with Crippen LogP contribution in [0, 0.1) is 5.92 Å². The average molecular weight is 287 g/mol. The number of hydrogen-bond acceptors (Lipinski definition) is 2. The largest absolute Gasteiger partial charge is 0.330 e. The molecule has 15 heavy (non-hydrogen) atoms. The van der Waals surface area contributed by atoms with Crippen LogP contribution < -0.4 is 0 Å². The van der Waals surface area contributed by atoms with Gasteiger partial charge in [-0.2, -0.15) is 12.6 Å². The molecule has 0 spiro atoms. The molecule has 0 aliphatic rings. The fourth-order valence-corrected chi connectivity index (χ4v) is 1.66. The number of imidazole rings is 1.